The van der Waals surface area contributed by atoms with Crippen LogP contribution in [0.1, 0.15) is 34.8 Å². The molecule has 5 nitrogen and oxygen atoms in total. The molecule has 21 heavy (non-hydrogen) atoms. The fourth-order valence-corrected chi connectivity index (χ4v) is 3.16. The van der Waals surface area contributed by atoms with Gasteiger partial charge in [-0.2, -0.15) is 0 Å². The normalized spacial score (nSPS) is 18.7. The zero-order valence-corrected chi connectivity index (χ0v) is 13.6. The van der Waals surface area contributed by atoms with Gasteiger partial charge in [-0.05, 0) is 33.1 Å². The van der Waals surface area contributed by atoms with Crippen LogP contribution >= 0.6 is 11.3 Å². The molecule has 0 unspecified atom stereocenters. The van der Waals surface area contributed by atoms with Crippen molar-refractivity contribution in [1.29, 1.82) is 0 Å². The van der Waals surface area contributed by atoms with Crippen molar-refractivity contribution in [3.63, 3.8) is 0 Å². The number of carbonyl (C=O) groups is 1. The zero-order valence-electron chi connectivity index (χ0n) is 12.8. The van der Waals surface area contributed by atoms with Crippen molar-refractivity contribution < 1.29 is 14.3 Å². The van der Waals surface area contributed by atoms with Gasteiger partial charge in [0.2, 0.25) is 5.91 Å². The molecular formula is C15H24N2O3S. The number of aryl methyl sites for hydroxylation is 2. The lowest BCUT2D eigenvalue weighted by Gasteiger charge is -2.22. The lowest BCUT2D eigenvalue weighted by molar-refractivity contribution is -0.127. The molecule has 1 aliphatic heterocycles. The number of amides is 1. The van der Waals surface area contributed by atoms with Crippen LogP contribution in [0.4, 0.5) is 0 Å². The van der Waals surface area contributed by atoms with E-state index in [0.717, 1.165) is 36.6 Å². The summed E-state index contributed by atoms with van der Waals surface area (Å²) in [6, 6.07) is 0. The van der Waals surface area contributed by atoms with Crippen LogP contribution in [0.5, 0.6) is 0 Å². The number of thiazole rings is 1. The summed E-state index contributed by atoms with van der Waals surface area (Å²) in [6.45, 7) is 6.11. The summed E-state index contributed by atoms with van der Waals surface area (Å²) in [4.78, 5) is 17.3. The van der Waals surface area contributed by atoms with E-state index in [1.165, 1.54) is 11.3 Å². The molecule has 0 aromatic carbocycles. The van der Waals surface area contributed by atoms with Crippen LogP contribution in [0.3, 0.4) is 0 Å². The van der Waals surface area contributed by atoms with Crippen molar-refractivity contribution in [1.82, 2.24) is 10.3 Å². The Balaban J connectivity index is 1.55. The Hall–Kier alpha value is -0.980. The van der Waals surface area contributed by atoms with Crippen molar-refractivity contribution in [2.45, 2.75) is 45.6 Å². The summed E-state index contributed by atoms with van der Waals surface area (Å²) < 4.78 is 11.0. The number of aromatic nitrogens is 1. The number of nitrogens with one attached hydrogen (secondary N) is 1. The Morgan fingerprint density at radius 3 is 3.00 bits per heavy atom. The molecule has 1 amide bonds. The molecule has 6 heteroatoms. The van der Waals surface area contributed by atoms with Crippen LogP contribution in [0, 0.1) is 13.8 Å². The van der Waals surface area contributed by atoms with E-state index >= 15 is 0 Å². The highest BCUT2D eigenvalue weighted by molar-refractivity contribution is 7.11. The summed E-state index contributed by atoms with van der Waals surface area (Å²) >= 11 is 1.69. The molecule has 0 radical (unpaired) electrons. The molecular weight excluding hydrogens is 288 g/mol. The monoisotopic (exact) mass is 312 g/mol. The Morgan fingerprint density at radius 1 is 1.48 bits per heavy atom. The van der Waals surface area contributed by atoms with Gasteiger partial charge in [-0.1, -0.05) is 0 Å². The lowest BCUT2D eigenvalue weighted by atomic mass is 10.1. The number of carbonyl (C=O) groups excluding carboxylic acids is 1. The van der Waals surface area contributed by atoms with Gasteiger partial charge in [-0.3, -0.25) is 4.79 Å². The minimum Gasteiger partial charge on any atom is -0.376 e. The van der Waals surface area contributed by atoms with Gasteiger partial charge in [-0.25, -0.2) is 4.98 Å². The van der Waals surface area contributed by atoms with Crippen molar-refractivity contribution in [3.05, 3.63) is 15.6 Å². The van der Waals surface area contributed by atoms with Gasteiger partial charge in [-0.15, -0.1) is 11.3 Å². The maximum atomic E-state index is 11.7. The molecule has 1 aromatic rings. The molecule has 2 rings (SSSR count). The Kier molecular flexibility index (Phi) is 6.60. The molecule has 1 fully saturated rings. The first kappa shape index (κ1) is 16.4. The second-order valence-electron chi connectivity index (χ2n) is 5.35. The van der Waals surface area contributed by atoms with Crippen LogP contribution in [0.2, 0.25) is 0 Å². The van der Waals surface area contributed by atoms with E-state index in [9.17, 15) is 4.79 Å². The van der Waals surface area contributed by atoms with Crippen LogP contribution < -0.4 is 5.32 Å². The van der Waals surface area contributed by atoms with E-state index in [2.05, 4.69) is 17.2 Å². The van der Waals surface area contributed by atoms with Gasteiger partial charge in [0, 0.05) is 24.4 Å². The average molecular weight is 312 g/mol. The number of rotatable bonds is 7. The Bertz CT molecular complexity index is 436. The van der Waals surface area contributed by atoms with Crippen molar-refractivity contribution in [2.24, 2.45) is 0 Å². The number of hydrogen-bond donors (Lipinski definition) is 1. The summed E-state index contributed by atoms with van der Waals surface area (Å²) in [5, 5.41) is 3.93. The molecule has 1 aliphatic rings. The smallest absolute Gasteiger partial charge is 0.246 e. The zero-order chi connectivity index (χ0) is 15.1. The van der Waals surface area contributed by atoms with Crippen molar-refractivity contribution >= 4 is 17.2 Å². The Labute approximate surface area is 130 Å². The minimum atomic E-state index is -0.0733. The van der Waals surface area contributed by atoms with Gasteiger partial charge in [0.15, 0.2) is 0 Å². The van der Waals surface area contributed by atoms with Gasteiger partial charge < -0.3 is 14.8 Å². The van der Waals surface area contributed by atoms with Gasteiger partial charge in [0.25, 0.3) is 0 Å². The molecule has 0 bridgehead atoms. The molecule has 0 saturated carbocycles. The summed E-state index contributed by atoms with van der Waals surface area (Å²) in [6.07, 6.45) is 4.29. The quantitative estimate of drug-likeness (QED) is 0.836. The summed E-state index contributed by atoms with van der Waals surface area (Å²) in [5.74, 6) is -0.0733. The first-order chi connectivity index (χ1) is 10.1. The lowest BCUT2D eigenvalue weighted by Crippen LogP contribution is -2.32. The summed E-state index contributed by atoms with van der Waals surface area (Å²) in [5.41, 5.74) is 1.08. The van der Waals surface area contributed by atoms with Crippen molar-refractivity contribution in [3.8, 4) is 0 Å². The molecule has 118 valence electrons. The van der Waals surface area contributed by atoms with Crippen LogP contribution in [0.15, 0.2) is 0 Å². The highest BCUT2D eigenvalue weighted by Crippen LogP contribution is 2.16. The topological polar surface area (TPSA) is 60.5 Å². The number of nitrogens with zero attached hydrogens (tertiary/aromatic N) is 1. The fourth-order valence-electron chi connectivity index (χ4n) is 2.23. The number of hydrogen-bond acceptors (Lipinski definition) is 5. The second-order valence-corrected chi connectivity index (χ2v) is 6.64. The van der Waals surface area contributed by atoms with E-state index in [-0.39, 0.29) is 18.6 Å². The first-order valence-corrected chi connectivity index (χ1v) is 8.35. The fraction of sp³-hybridized carbons (Fsp3) is 0.733. The van der Waals surface area contributed by atoms with E-state index in [1.807, 2.05) is 6.92 Å². The third-order valence-electron chi connectivity index (χ3n) is 3.54. The molecule has 1 aromatic heterocycles. The van der Waals surface area contributed by atoms with Gasteiger partial charge >= 0.3 is 0 Å². The highest BCUT2D eigenvalue weighted by Gasteiger charge is 2.14. The highest BCUT2D eigenvalue weighted by atomic mass is 32.1. The van der Waals surface area contributed by atoms with E-state index < -0.39 is 0 Å². The number of ether oxygens (including phenoxy) is 2. The predicted molar refractivity (Wildman–Crippen MR) is 82.7 cm³/mol. The third-order valence-corrected chi connectivity index (χ3v) is 4.68. The largest absolute Gasteiger partial charge is 0.376 e. The summed E-state index contributed by atoms with van der Waals surface area (Å²) in [7, 11) is 0. The molecule has 1 atom stereocenters. The molecule has 2 heterocycles. The molecule has 0 aliphatic carbocycles. The average Bonchev–Trinajstić information content (AvgIpc) is 2.79. The molecule has 1 N–H and O–H groups in total. The predicted octanol–water partition coefficient (Wildman–Crippen LogP) is 2.00. The SMILES string of the molecule is Cc1nc(CCNC(=O)COC[C@@H]2CCCCO2)sc1C. The van der Waals surface area contributed by atoms with E-state index in [4.69, 9.17) is 9.47 Å². The van der Waals surface area contributed by atoms with Gasteiger partial charge in [0.1, 0.15) is 6.61 Å². The van der Waals surface area contributed by atoms with Gasteiger partial charge in [0.05, 0.1) is 23.4 Å². The second kappa shape index (κ2) is 8.46. The van der Waals surface area contributed by atoms with Crippen LogP contribution in [-0.4, -0.2) is 43.4 Å². The minimum absolute atomic E-state index is 0.0733. The maximum absolute atomic E-state index is 11.7. The van der Waals surface area contributed by atoms with Crippen LogP contribution in [-0.2, 0) is 20.7 Å². The first-order valence-electron chi connectivity index (χ1n) is 7.54. The Morgan fingerprint density at radius 2 is 2.33 bits per heavy atom. The molecule has 0 spiro atoms. The molecule has 1 saturated heterocycles. The third kappa shape index (κ3) is 5.73. The standard InChI is InChI=1S/C15H24N2O3S/c1-11-12(2)21-15(17-11)6-7-16-14(18)10-19-9-13-5-3-4-8-20-13/h13H,3-10H2,1-2H3,(H,16,18)/t13-/m0/s1. The van der Waals surface area contributed by atoms with E-state index in [0.29, 0.717) is 13.2 Å². The maximum Gasteiger partial charge on any atom is 0.246 e. The van der Waals surface area contributed by atoms with Crippen LogP contribution in [0.25, 0.3) is 0 Å². The van der Waals surface area contributed by atoms with E-state index in [1.54, 1.807) is 11.3 Å². The van der Waals surface area contributed by atoms with Crippen molar-refractivity contribution in [2.75, 3.05) is 26.4 Å².